The minimum atomic E-state index is -0.189. The second-order valence-electron chi connectivity index (χ2n) is 7.66. The van der Waals surface area contributed by atoms with Gasteiger partial charge in [0.25, 0.3) is 0 Å². The van der Waals surface area contributed by atoms with Gasteiger partial charge in [-0.25, -0.2) is 0 Å². The number of fused-ring (bicyclic) bond motifs is 3. The van der Waals surface area contributed by atoms with Crippen LogP contribution in [0.4, 0.5) is 0 Å². The molecule has 4 saturated heterocycles. The van der Waals surface area contributed by atoms with Crippen LogP contribution >= 0.6 is 0 Å². The summed E-state index contributed by atoms with van der Waals surface area (Å²) in [6.07, 6.45) is 9.69. The Bertz CT molecular complexity index is 410. The Morgan fingerprint density at radius 2 is 1.95 bits per heavy atom. The van der Waals surface area contributed by atoms with Gasteiger partial charge < -0.3 is 9.80 Å². The monoisotopic (exact) mass is 291 g/mol. The van der Waals surface area contributed by atoms with Crippen molar-refractivity contribution in [3.63, 3.8) is 0 Å². The van der Waals surface area contributed by atoms with Gasteiger partial charge in [0.1, 0.15) is 0 Å². The summed E-state index contributed by atoms with van der Waals surface area (Å²) < 4.78 is 0. The van der Waals surface area contributed by atoms with Gasteiger partial charge in [-0.2, -0.15) is 0 Å². The summed E-state index contributed by atoms with van der Waals surface area (Å²) in [6, 6.07) is 0.476. The fraction of sp³-hybridized carbons (Fsp3) is 0.941. The number of nitrogens with zero attached hydrogens (tertiary/aromatic N) is 2. The van der Waals surface area contributed by atoms with E-state index in [1.807, 2.05) is 0 Å². The molecule has 4 nitrogen and oxygen atoms in total. The van der Waals surface area contributed by atoms with Crippen LogP contribution in [0.5, 0.6) is 0 Å². The zero-order valence-electron chi connectivity index (χ0n) is 13.3. The second kappa shape index (κ2) is 5.24. The van der Waals surface area contributed by atoms with Gasteiger partial charge in [0.2, 0.25) is 5.91 Å². The number of carbonyl (C=O) groups excluding carboxylic acids is 1. The normalized spacial score (nSPS) is 41.4. The smallest absolute Gasteiger partial charge is 0.244 e. The van der Waals surface area contributed by atoms with Gasteiger partial charge >= 0.3 is 0 Å². The van der Waals surface area contributed by atoms with Crippen molar-refractivity contribution in [3.05, 3.63) is 0 Å². The third-order valence-electron chi connectivity index (χ3n) is 6.42. The highest BCUT2D eigenvalue weighted by molar-refractivity contribution is 5.89. The minimum absolute atomic E-state index is 0.189. The molecule has 118 valence electrons. The van der Waals surface area contributed by atoms with E-state index < -0.39 is 0 Å². The van der Waals surface area contributed by atoms with Gasteiger partial charge in [-0.05, 0) is 51.1 Å². The Morgan fingerprint density at radius 3 is 2.52 bits per heavy atom. The summed E-state index contributed by atoms with van der Waals surface area (Å²) in [4.78, 5) is 18.1. The molecule has 0 aromatic heterocycles. The van der Waals surface area contributed by atoms with Gasteiger partial charge in [0.05, 0.1) is 11.7 Å². The first-order chi connectivity index (χ1) is 10.2. The van der Waals surface area contributed by atoms with E-state index in [-0.39, 0.29) is 5.54 Å². The molecule has 2 atom stereocenters. The molecule has 4 heteroatoms. The fourth-order valence-corrected chi connectivity index (χ4v) is 5.29. The third-order valence-corrected chi connectivity index (χ3v) is 6.42. The van der Waals surface area contributed by atoms with E-state index in [4.69, 9.17) is 0 Å². The minimum Gasteiger partial charge on any atom is -0.321 e. The molecule has 1 N–H and O–H groups in total. The molecular weight excluding hydrogens is 262 g/mol. The van der Waals surface area contributed by atoms with Crippen molar-refractivity contribution < 1.29 is 4.79 Å². The first-order valence-electron chi connectivity index (χ1n) is 9.06. The van der Waals surface area contributed by atoms with Gasteiger partial charge in [0, 0.05) is 12.6 Å². The van der Waals surface area contributed by atoms with Crippen LogP contribution < -0.4 is 5.32 Å². The lowest BCUT2D eigenvalue weighted by atomic mass is 9.82. The van der Waals surface area contributed by atoms with E-state index >= 15 is 0 Å². The van der Waals surface area contributed by atoms with Crippen LogP contribution in [0.3, 0.4) is 0 Å². The van der Waals surface area contributed by atoms with Gasteiger partial charge in [-0.15, -0.1) is 0 Å². The zero-order valence-corrected chi connectivity index (χ0v) is 13.3. The first kappa shape index (κ1) is 14.0. The lowest BCUT2D eigenvalue weighted by Gasteiger charge is -2.49. The fourth-order valence-electron chi connectivity index (χ4n) is 5.29. The van der Waals surface area contributed by atoms with Crippen molar-refractivity contribution in [3.8, 4) is 0 Å². The average Bonchev–Trinajstić information content (AvgIpc) is 3.08. The van der Waals surface area contributed by atoms with Crippen LogP contribution in [0.1, 0.15) is 58.3 Å². The molecule has 0 aromatic carbocycles. The Labute approximate surface area is 128 Å². The van der Waals surface area contributed by atoms with Crippen LogP contribution in [0.2, 0.25) is 0 Å². The number of hydrogen-bond donors (Lipinski definition) is 1. The predicted octanol–water partition coefficient (Wildman–Crippen LogP) is 1.95. The molecule has 5 rings (SSSR count). The van der Waals surface area contributed by atoms with Crippen LogP contribution in [0.25, 0.3) is 0 Å². The largest absolute Gasteiger partial charge is 0.321 e. The van der Waals surface area contributed by atoms with E-state index in [9.17, 15) is 4.79 Å². The quantitative estimate of drug-likeness (QED) is 0.863. The summed E-state index contributed by atoms with van der Waals surface area (Å²) in [5, 5.41) is 3.78. The SMILES string of the molecule is CCCC1NC2(CCCC2)C(=O)N1C1CN2CCC1CC2. The van der Waals surface area contributed by atoms with Crippen molar-refractivity contribution >= 4 is 5.91 Å². The molecule has 21 heavy (non-hydrogen) atoms. The van der Waals surface area contributed by atoms with Crippen molar-refractivity contribution in [2.45, 2.75) is 76.0 Å². The van der Waals surface area contributed by atoms with E-state index in [0.717, 1.165) is 38.1 Å². The first-order valence-corrected chi connectivity index (χ1v) is 9.06. The van der Waals surface area contributed by atoms with E-state index in [0.29, 0.717) is 18.1 Å². The Balaban J connectivity index is 1.60. The second-order valence-corrected chi connectivity index (χ2v) is 7.66. The summed E-state index contributed by atoms with van der Waals surface area (Å²) in [5.74, 6) is 1.19. The molecule has 2 bridgehead atoms. The molecule has 4 aliphatic heterocycles. The molecule has 1 aliphatic carbocycles. The summed E-state index contributed by atoms with van der Waals surface area (Å²) in [6.45, 7) is 5.86. The molecular formula is C17H29N3O. The Kier molecular flexibility index (Phi) is 3.49. The van der Waals surface area contributed by atoms with Crippen LogP contribution in [0.15, 0.2) is 0 Å². The highest BCUT2D eigenvalue weighted by atomic mass is 16.2. The molecule has 5 aliphatic rings. The topological polar surface area (TPSA) is 35.6 Å². The number of hydrogen-bond acceptors (Lipinski definition) is 3. The van der Waals surface area contributed by atoms with Gasteiger partial charge in [-0.1, -0.05) is 26.2 Å². The van der Waals surface area contributed by atoms with Crippen LogP contribution in [-0.2, 0) is 4.79 Å². The van der Waals surface area contributed by atoms with Gasteiger partial charge in [-0.3, -0.25) is 10.1 Å². The summed E-state index contributed by atoms with van der Waals surface area (Å²) in [7, 11) is 0. The number of amides is 1. The molecule has 1 amide bonds. The van der Waals surface area contributed by atoms with Gasteiger partial charge in [0.15, 0.2) is 0 Å². The van der Waals surface area contributed by atoms with Crippen molar-refractivity contribution in [2.24, 2.45) is 5.92 Å². The van der Waals surface area contributed by atoms with E-state index in [1.165, 1.54) is 38.8 Å². The van der Waals surface area contributed by atoms with Crippen molar-refractivity contribution in [2.75, 3.05) is 19.6 Å². The zero-order chi connectivity index (χ0) is 14.4. The molecule has 0 radical (unpaired) electrons. The highest BCUT2D eigenvalue weighted by Gasteiger charge is 2.55. The molecule has 1 spiro atoms. The van der Waals surface area contributed by atoms with Crippen molar-refractivity contribution in [1.29, 1.82) is 0 Å². The molecule has 5 fully saturated rings. The maximum Gasteiger partial charge on any atom is 0.244 e. The third kappa shape index (κ3) is 2.14. The molecule has 2 unspecified atom stereocenters. The van der Waals surface area contributed by atoms with E-state index in [2.05, 4.69) is 22.0 Å². The lowest BCUT2D eigenvalue weighted by Crippen LogP contribution is -2.60. The average molecular weight is 291 g/mol. The standard InChI is InChI=1S/C17H29N3O/c1-2-5-15-18-17(8-3-4-9-17)16(21)20(15)14-12-19-10-6-13(14)7-11-19/h13-15,18H,2-12H2,1H3. The van der Waals surface area contributed by atoms with Crippen LogP contribution in [0, 0.1) is 5.92 Å². The molecule has 1 saturated carbocycles. The van der Waals surface area contributed by atoms with E-state index in [1.54, 1.807) is 0 Å². The number of piperidine rings is 3. The summed E-state index contributed by atoms with van der Waals surface area (Å²) in [5.41, 5.74) is -0.189. The Hall–Kier alpha value is -0.610. The number of carbonyl (C=O) groups is 1. The molecule has 0 aromatic rings. The maximum atomic E-state index is 13.2. The number of nitrogens with one attached hydrogen (secondary N) is 1. The number of rotatable bonds is 3. The van der Waals surface area contributed by atoms with Crippen molar-refractivity contribution in [1.82, 2.24) is 15.1 Å². The van der Waals surface area contributed by atoms with Crippen LogP contribution in [-0.4, -0.2) is 53.1 Å². The predicted molar refractivity (Wildman–Crippen MR) is 82.8 cm³/mol. The summed E-state index contributed by atoms with van der Waals surface area (Å²) >= 11 is 0. The molecule has 4 heterocycles. The highest BCUT2D eigenvalue weighted by Crippen LogP contribution is 2.41. The lowest BCUT2D eigenvalue weighted by molar-refractivity contribution is -0.139. The maximum absolute atomic E-state index is 13.2. The Morgan fingerprint density at radius 1 is 1.24 bits per heavy atom.